The van der Waals surface area contributed by atoms with Gasteiger partial charge in [-0.25, -0.2) is 0 Å². The van der Waals surface area contributed by atoms with Crippen molar-refractivity contribution < 1.29 is 9.53 Å². The van der Waals surface area contributed by atoms with E-state index in [9.17, 15) is 4.79 Å². The van der Waals surface area contributed by atoms with Crippen LogP contribution in [0.5, 0.6) is 5.75 Å². The molecule has 0 bridgehead atoms. The second kappa shape index (κ2) is 6.29. The number of methoxy groups -OCH3 is 1. The monoisotopic (exact) mass is 275 g/mol. The van der Waals surface area contributed by atoms with Gasteiger partial charge in [0.25, 0.3) is 0 Å². The topological polar surface area (TPSA) is 29.5 Å². The van der Waals surface area contributed by atoms with Crippen LogP contribution in [0.2, 0.25) is 0 Å². The Bertz CT molecular complexity index is 496. The van der Waals surface area contributed by atoms with Crippen LogP contribution in [0.25, 0.3) is 0 Å². The van der Waals surface area contributed by atoms with Gasteiger partial charge in [-0.15, -0.1) is 0 Å². The van der Waals surface area contributed by atoms with Gasteiger partial charge in [0, 0.05) is 18.7 Å². The minimum atomic E-state index is 0.222. The number of amides is 1. The zero-order chi connectivity index (χ0) is 14.7. The highest BCUT2D eigenvalue weighted by atomic mass is 16.5. The molecule has 1 unspecified atom stereocenters. The fourth-order valence-corrected chi connectivity index (χ4v) is 3.16. The normalized spacial score (nSPS) is 19.0. The third kappa shape index (κ3) is 3.33. The van der Waals surface area contributed by atoms with Crippen LogP contribution in [0.1, 0.15) is 36.5 Å². The van der Waals surface area contributed by atoms with Gasteiger partial charge in [-0.2, -0.15) is 0 Å². The second-order valence-electron chi connectivity index (χ2n) is 6.04. The zero-order valence-electron chi connectivity index (χ0n) is 13.0. The molecule has 0 spiro atoms. The Hall–Kier alpha value is -1.51. The van der Waals surface area contributed by atoms with Crippen LogP contribution in [0.3, 0.4) is 0 Å². The predicted octanol–water partition coefficient (Wildman–Crippen LogP) is 3.11. The molecular weight excluding hydrogens is 250 g/mol. The number of rotatable bonds is 3. The lowest BCUT2D eigenvalue weighted by atomic mass is 9.98. The summed E-state index contributed by atoms with van der Waals surface area (Å²) in [4.78, 5) is 14.5. The summed E-state index contributed by atoms with van der Waals surface area (Å²) < 4.78 is 5.47. The number of hydrogen-bond acceptors (Lipinski definition) is 2. The zero-order valence-corrected chi connectivity index (χ0v) is 13.0. The minimum Gasteiger partial charge on any atom is -0.496 e. The van der Waals surface area contributed by atoms with Crippen LogP contribution in [-0.4, -0.2) is 31.0 Å². The van der Waals surface area contributed by atoms with Crippen LogP contribution in [0.15, 0.2) is 12.1 Å². The SMILES string of the molecule is COc1c(C)cc(C)cc1CC(=O)N1CCCC(C)C1. The van der Waals surface area contributed by atoms with Crippen molar-refractivity contribution in [2.24, 2.45) is 5.92 Å². The van der Waals surface area contributed by atoms with Crippen molar-refractivity contribution in [1.82, 2.24) is 4.90 Å². The molecule has 110 valence electrons. The highest BCUT2D eigenvalue weighted by Crippen LogP contribution is 2.26. The number of carbonyl (C=O) groups is 1. The number of carbonyl (C=O) groups excluding carboxylic acids is 1. The summed E-state index contributed by atoms with van der Waals surface area (Å²) in [6, 6.07) is 4.16. The van der Waals surface area contributed by atoms with Gasteiger partial charge in [-0.3, -0.25) is 4.79 Å². The molecule has 1 aliphatic heterocycles. The summed E-state index contributed by atoms with van der Waals surface area (Å²) in [6.07, 6.45) is 2.80. The van der Waals surface area contributed by atoms with Crippen molar-refractivity contribution in [2.45, 2.75) is 40.0 Å². The summed E-state index contributed by atoms with van der Waals surface area (Å²) in [6.45, 7) is 8.10. The molecule has 3 nitrogen and oxygen atoms in total. The highest BCUT2D eigenvalue weighted by Gasteiger charge is 2.22. The number of benzene rings is 1. The van der Waals surface area contributed by atoms with Gasteiger partial charge < -0.3 is 9.64 Å². The van der Waals surface area contributed by atoms with E-state index in [-0.39, 0.29) is 5.91 Å². The molecular formula is C17H25NO2. The molecule has 1 amide bonds. The molecule has 0 N–H and O–H groups in total. The molecule has 1 atom stereocenters. The molecule has 1 saturated heterocycles. The number of ether oxygens (including phenoxy) is 1. The quantitative estimate of drug-likeness (QED) is 0.848. The summed E-state index contributed by atoms with van der Waals surface area (Å²) in [5, 5.41) is 0. The summed E-state index contributed by atoms with van der Waals surface area (Å²) >= 11 is 0. The number of likely N-dealkylation sites (tertiary alicyclic amines) is 1. The van der Waals surface area contributed by atoms with Crippen LogP contribution in [0, 0.1) is 19.8 Å². The molecule has 1 fully saturated rings. The molecule has 2 rings (SSSR count). The molecule has 0 saturated carbocycles. The maximum atomic E-state index is 12.5. The maximum Gasteiger partial charge on any atom is 0.227 e. The molecule has 1 heterocycles. The summed E-state index contributed by atoms with van der Waals surface area (Å²) in [7, 11) is 1.68. The van der Waals surface area contributed by atoms with E-state index >= 15 is 0 Å². The first-order valence-electron chi connectivity index (χ1n) is 7.43. The van der Waals surface area contributed by atoms with Gasteiger partial charge in [-0.05, 0) is 38.2 Å². The number of nitrogens with zero attached hydrogens (tertiary/aromatic N) is 1. The molecule has 0 aliphatic carbocycles. The van der Waals surface area contributed by atoms with Gasteiger partial charge in [0.15, 0.2) is 0 Å². The Kier molecular flexibility index (Phi) is 4.69. The Morgan fingerprint density at radius 3 is 2.80 bits per heavy atom. The lowest BCUT2D eigenvalue weighted by molar-refractivity contribution is -0.132. The Morgan fingerprint density at radius 1 is 1.40 bits per heavy atom. The van der Waals surface area contributed by atoms with Crippen LogP contribution >= 0.6 is 0 Å². The van der Waals surface area contributed by atoms with E-state index in [4.69, 9.17) is 4.74 Å². The third-order valence-electron chi connectivity index (χ3n) is 4.05. The second-order valence-corrected chi connectivity index (χ2v) is 6.04. The first-order valence-corrected chi connectivity index (χ1v) is 7.43. The fourth-order valence-electron chi connectivity index (χ4n) is 3.16. The van der Waals surface area contributed by atoms with Gasteiger partial charge in [0.1, 0.15) is 5.75 Å². The van der Waals surface area contributed by atoms with E-state index in [0.717, 1.165) is 36.4 Å². The summed E-state index contributed by atoms with van der Waals surface area (Å²) in [5.41, 5.74) is 3.29. The Labute approximate surface area is 121 Å². The Morgan fingerprint density at radius 2 is 2.15 bits per heavy atom. The van der Waals surface area contributed by atoms with Gasteiger partial charge in [0.05, 0.1) is 13.5 Å². The van der Waals surface area contributed by atoms with E-state index in [0.29, 0.717) is 12.3 Å². The number of hydrogen-bond donors (Lipinski definition) is 0. The van der Waals surface area contributed by atoms with Crippen molar-refractivity contribution in [3.05, 3.63) is 28.8 Å². The predicted molar refractivity (Wildman–Crippen MR) is 81.2 cm³/mol. The maximum absolute atomic E-state index is 12.5. The standard InChI is InChI=1S/C17H25NO2/c1-12-6-5-7-18(11-12)16(19)10-15-9-13(2)8-14(3)17(15)20-4/h8-9,12H,5-7,10-11H2,1-4H3. The molecule has 1 aliphatic rings. The van der Waals surface area contributed by atoms with Gasteiger partial charge in [-0.1, -0.05) is 24.6 Å². The number of piperidine rings is 1. The molecule has 0 radical (unpaired) electrons. The largest absolute Gasteiger partial charge is 0.496 e. The molecule has 0 aromatic heterocycles. The minimum absolute atomic E-state index is 0.222. The van der Waals surface area contributed by atoms with Crippen LogP contribution in [-0.2, 0) is 11.2 Å². The van der Waals surface area contributed by atoms with Crippen molar-refractivity contribution >= 4 is 5.91 Å². The van der Waals surface area contributed by atoms with E-state index < -0.39 is 0 Å². The molecule has 3 heteroatoms. The van der Waals surface area contributed by atoms with Crippen LogP contribution in [0.4, 0.5) is 0 Å². The summed E-state index contributed by atoms with van der Waals surface area (Å²) in [5.74, 6) is 1.70. The fraction of sp³-hybridized carbons (Fsp3) is 0.588. The lowest BCUT2D eigenvalue weighted by Gasteiger charge is -2.31. The number of aryl methyl sites for hydroxylation is 2. The average Bonchev–Trinajstić information content (AvgIpc) is 2.38. The highest BCUT2D eigenvalue weighted by molar-refractivity contribution is 5.80. The first kappa shape index (κ1) is 14.9. The smallest absolute Gasteiger partial charge is 0.227 e. The Balaban J connectivity index is 2.15. The lowest BCUT2D eigenvalue weighted by Crippen LogP contribution is -2.40. The van der Waals surface area contributed by atoms with Crippen molar-refractivity contribution in [1.29, 1.82) is 0 Å². The van der Waals surface area contributed by atoms with Crippen molar-refractivity contribution in [3.8, 4) is 5.75 Å². The van der Waals surface area contributed by atoms with Gasteiger partial charge in [0.2, 0.25) is 5.91 Å². The van der Waals surface area contributed by atoms with E-state index in [1.165, 1.54) is 12.0 Å². The van der Waals surface area contributed by atoms with E-state index in [1.54, 1.807) is 7.11 Å². The molecule has 1 aromatic carbocycles. The molecule has 1 aromatic rings. The van der Waals surface area contributed by atoms with E-state index in [2.05, 4.69) is 26.0 Å². The van der Waals surface area contributed by atoms with Crippen molar-refractivity contribution in [2.75, 3.05) is 20.2 Å². The first-order chi connectivity index (χ1) is 9.51. The average molecular weight is 275 g/mol. The molecule has 20 heavy (non-hydrogen) atoms. The van der Waals surface area contributed by atoms with Crippen LogP contribution < -0.4 is 4.74 Å². The third-order valence-corrected chi connectivity index (χ3v) is 4.05. The van der Waals surface area contributed by atoms with Crippen molar-refractivity contribution in [3.63, 3.8) is 0 Å². The van der Waals surface area contributed by atoms with Gasteiger partial charge >= 0.3 is 0 Å². The van der Waals surface area contributed by atoms with E-state index in [1.807, 2.05) is 11.8 Å².